The molecule has 27 heavy (non-hydrogen) atoms. The van der Waals surface area contributed by atoms with Crippen molar-refractivity contribution in [3.05, 3.63) is 57.3 Å². The van der Waals surface area contributed by atoms with Crippen LogP contribution < -0.4 is 0 Å². The number of piperazine rings is 1. The summed E-state index contributed by atoms with van der Waals surface area (Å²) in [5, 5.41) is 8.32. The lowest BCUT2D eigenvalue weighted by molar-refractivity contribution is 0.0881. The van der Waals surface area contributed by atoms with Crippen molar-refractivity contribution in [3.63, 3.8) is 0 Å². The van der Waals surface area contributed by atoms with Crippen molar-refractivity contribution in [1.82, 2.24) is 20.0 Å². The molecule has 1 saturated heterocycles. The maximum absolute atomic E-state index is 13.1. The average Bonchev–Trinajstić information content (AvgIpc) is 3.32. The topological polar surface area (TPSA) is 45.4 Å². The molecule has 0 amide bonds. The molecule has 142 valence electrons. The van der Waals surface area contributed by atoms with E-state index < -0.39 is 0 Å². The first-order valence-corrected chi connectivity index (χ1v) is 10.1. The van der Waals surface area contributed by atoms with Gasteiger partial charge in [-0.2, -0.15) is 0 Å². The summed E-state index contributed by atoms with van der Waals surface area (Å²) >= 11 is 7.65. The number of aromatic nitrogens is 2. The fourth-order valence-corrected chi connectivity index (χ4v) is 4.36. The van der Waals surface area contributed by atoms with E-state index in [4.69, 9.17) is 16.0 Å². The van der Waals surface area contributed by atoms with Gasteiger partial charge in [-0.25, -0.2) is 4.39 Å². The number of hydrogen-bond acceptors (Lipinski definition) is 6. The number of nitrogens with zero attached hydrogens (tertiary/aromatic N) is 4. The van der Waals surface area contributed by atoms with E-state index in [1.165, 1.54) is 17.0 Å². The first kappa shape index (κ1) is 18.6. The van der Waals surface area contributed by atoms with Crippen LogP contribution in [0.4, 0.5) is 4.39 Å². The quantitative estimate of drug-likeness (QED) is 0.625. The van der Waals surface area contributed by atoms with Gasteiger partial charge in [0.05, 0.1) is 10.4 Å². The highest BCUT2D eigenvalue weighted by Gasteiger charge is 2.26. The molecule has 1 fully saturated rings. The molecule has 0 radical (unpaired) electrons. The number of benzene rings is 1. The van der Waals surface area contributed by atoms with Crippen molar-refractivity contribution in [2.45, 2.75) is 19.5 Å². The molecule has 3 heterocycles. The SMILES string of the molecule is C[C@H](c1nnc(-c2ccc(F)cc2)o1)N1CCN(Cc2ccc(Cl)s2)CC1. The Morgan fingerprint density at radius 2 is 1.85 bits per heavy atom. The Balaban J connectivity index is 1.35. The van der Waals surface area contributed by atoms with Crippen LogP contribution in [-0.4, -0.2) is 46.2 Å². The molecule has 0 unspecified atom stereocenters. The molecule has 1 atom stereocenters. The zero-order chi connectivity index (χ0) is 18.8. The van der Waals surface area contributed by atoms with Crippen LogP contribution in [0.1, 0.15) is 23.7 Å². The van der Waals surface area contributed by atoms with E-state index in [9.17, 15) is 4.39 Å². The summed E-state index contributed by atoms with van der Waals surface area (Å²) in [5.74, 6) is 0.729. The highest BCUT2D eigenvalue weighted by molar-refractivity contribution is 7.16. The second kappa shape index (κ2) is 8.06. The first-order chi connectivity index (χ1) is 13.1. The van der Waals surface area contributed by atoms with Crippen LogP contribution >= 0.6 is 22.9 Å². The van der Waals surface area contributed by atoms with Gasteiger partial charge < -0.3 is 4.42 Å². The van der Waals surface area contributed by atoms with E-state index in [2.05, 4.69) is 33.0 Å². The monoisotopic (exact) mass is 406 g/mol. The average molecular weight is 407 g/mol. The lowest BCUT2D eigenvalue weighted by atomic mass is 10.2. The molecule has 8 heteroatoms. The minimum Gasteiger partial charge on any atom is -0.419 e. The van der Waals surface area contributed by atoms with Crippen LogP contribution in [0, 0.1) is 5.82 Å². The van der Waals surface area contributed by atoms with E-state index >= 15 is 0 Å². The predicted molar refractivity (Wildman–Crippen MR) is 104 cm³/mol. The van der Waals surface area contributed by atoms with Crippen molar-refractivity contribution in [2.24, 2.45) is 0 Å². The summed E-state index contributed by atoms with van der Waals surface area (Å²) in [6.07, 6.45) is 0. The van der Waals surface area contributed by atoms with E-state index in [0.29, 0.717) is 11.8 Å². The molecule has 0 saturated carbocycles. The molecule has 4 rings (SSSR count). The Hall–Kier alpha value is -1.80. The minimum absolute atomic E-state index is 0.0463. The van der Waals surface area contributed by atoms with Crippen molar-refractivity contribution in [1.29, 1.82) is 0 Å². The van der Waals surface area contributed by atoms with Crippen LogP contribution in [0.5, 0.6) is 0 Å². The Morgan fingerprint density at radius 3 is 2.52 bits per heavy atom. The van der Waals surface area contributed by atoms with E-state index in [1.54, 1.807) is 23.5 Å². The molecule has 1 aliphatic rings. The Labute approximate surface area is 166 Å². The summed E-state index contributed by atoms with van der Waals surface area (Å²) < 4.78 is 19.7. The highest BCUT2D eigenvalue weighted by Crippen LogP contribution is 2.26. The Bertz CT molecular complexity index is 889. The van der Waals surface area contributed by atoms with Gasteiger partial charge in [-0.05, 0) is 43.3 Å². The summed E-state index contributed by atoms with van der Waals surface area (Å²) in [7, 11) is 0. The largest absolute Gasteiger partial charge is 0.419 e. The first-order valence-electron chi connectivity index (χ1n) is 8.88. The second-order valence-corrected chi connectivity index (χ2v) is 8.45. The van der Waals surface area contributed by atoms with E-state index in [0.717, 1.165) is 42.6 Å². The van der Waals surface area contributed by atoms with Gasteiger partial charge in [0, 0.05) is 43.2 Å². The standard InChI is InChI=1S/C19H20ClFN4OS/c1-13(18-22-23-19(26-18)14-2-4-15(21)5-3-14)25-10-8-24(9-11-25)12-16-6-7-17(20)27-16/h2-7,13H,8-12H2,1H3/t13-/m1/s1. The minimum atomic E-state index is -0.283. The maximum atomic E-state index is 13.1. The van der Waals surface area contributed by atoms with Gasteiger partial charge in [0.15, 0.2) is 0 Å². The van der Waals surface area contributed by atoms with Gasteiger partial charge in [0.1, 0.15) is 5.82 Å². The fraction of sp³-hybridized carbons (Fsp3) is 0.368. The zero-order valence-corrected chi connectivity index (χ0v) is 16.5. The van der Waals surface area contributed by atoms with Crippen molar-refractivity contribution >= 4 is 22.9 Å². The molecule has 0 N–H and O–H groups in total. The van der Waals surface area contributed by atoms with Crippen molar-refractivity contribution in [3.8, 4) is 11.5 Å². The normalized spacial score (nSPS) is 17.3. The number of halogens is 2. The smallest absolute Gasteiger partial charge is 0.247 e. The van der Waals surface area contributed by atoms with Gasteiger partial charge in [-0.1, -0.05) is 11.6 Å². The van der Waals surface area contributed by atoms with E-state index in [-0.39, 0.29) is 11.9 Å². The fourth-order valence-electron chi connectivity index (χ4n) is 3.23. The molecule has 0 bridgehead atoms. The lowest BCUT2D eigenvalue weighted by Crippen LogP contribution is -2.46. The van der Waals surface area contributed by atoms with Crippen LogP contribution in [-0.2, 0) is 6.54 Å². The van der Waals surface area contributed by atoms with Gasteiger partial charge in [-0.15, -0.1) is 21.5 Å². The van der Waals surface area contributed by atoms with Gasteiger partial charge in [0.2, 0.25) is 11.8 Å². The second-order valence-electron chi connectivity index (χ2n) is 6.65. The summed E-state index contributed by atoms with van der Waals surface area (Å²) in [6.45, 7) is 6.87. The van der Waals surface area contributed by atoms with Gasteiger partial charge >= 0.3 is 0 Å². The molecular weight excluding hydrogens is 387 g/mol. The van der Waals surface area contributed by atoms with Crippen molar-refractivity contribution in [2.75, 3.05) is 26.2 Å². The molecule has 3 aromatic rings. The van der Waals surface area contributed by atoms with Crippen LogP contribution in [0.25, 0.3) is 11.5 Å². The zero-order valence-electron chi connectivity index (χ0n) is 14.9. The Kier molecular flexibility index (Phi) is 5.54. The maximum Gasteiger partial charge on any atom is 0.247 e. The number of rotatable bonds is 5. The molecule has 1 aromatic carbocycles. The van der Waals surface area contributed by atoms with Gasteiger partial charge in [0.25, 0.3) is 0 Å². The third-order valence-corrected chi connectivity index (χ3v) is 6.07. The molecule has 1 aliphatic heterocycles. The van der Waals surface area contributed by atoms with E-state index in [1.807, 2.05) is 6.07 Å². The third-order valence-electron chi connectivity index (χ3n) is 4.85. The summed E-state index contributed by atoms with van der Waals surface area (Å²) in [5.41, 5.74) is 0.724. The molecular formula is C19H20ClFN4OS. The van der Waals surface area contributed by atoms with Crippen LogP contribution in [0.3, 0.4) is 0 Å². The van der Waals surface area contributed by atoms with Crippen molar-refractivity contribution < 1.29 is 8.81 Å². The lowest BCUT2D eigenvalue weighted by Gasteiger charge is -2.36. The predicted octanol–water partition coefficient (Wildman–Crippen LogP) is 4.47. The van der Waals surface area contributed by atoms with Crippen LogP contribution in [0.2, 0.25) is 4.34 Å². The molecule has 0 aliphatic carbocycles. The molecule has 0 spiro atoms. The third kappa shape index (κ3) is 4.38. The Morgan fingerprint density at radius 1 is 1.11 bits per heavy atom. The molecule has 5 nitrogen and oxygen atoms in total. The highest BCUT2D eigenvalue weighted by atomic mass is 35.5. The summed E-state index contributed by atoms with van der Waals surface area (Å²) in [4.78, 5) is 6.07. The molecule has 2 aromatic heterocycles. The summed E-state index contributed by atoms with van der Waals surface area (Å²) in [6, 6.07) is 10.2. The van der Waals surface area contributed by atoms with Crippen LogP contribution in [0.15, 0.2) is 40.8 Å². The number of hydrogen-bond donors (Lipinski definition) is 0. The van der Waals surface area contributed by atoms with Gasteiger partial charge in [-0.3, -0.25) is 9.80 Å². The number of thiophene rings is 1.